The van der Waals surface area contributed by atoms with Crippen LogP contribution in [0.3, 0.4) is 0 Å². The Kier molecular flexibility index (Phi) is 28.4. The van der Waals surface area contributed by atoms with Gasteiger partial charge in [0.05, 0.1) is 12.5 Å². The van der Waals surface area contributed by atoms with Crippen molar-refractivity contribution in [2.75, 3.05) is 6.61 Å². The van der Waals surface area contributed by atoms with Gasteiger partial charge in [-0.3, -0.25) is 33.6 Å². The first kappa shape index (κ1) is 53.7. The zero-order valence-electron chi connectivity index (χ0n) is 38.1. The van der Waals surface area contributed by atoms with E-state index in [2.05, 4.69) is 37.1 Å². The van der Waals surface area contributed by atoms with Crippen LogP contribution in [0.4, 0.5) is 0 Å². The summed E-state index contributed by atoms with van der Waals surface area (Å²) >= 11 is 4.43. The third-order valence-corrected chi connectivity index (χ3v) is 10.9. The average molecular weight is 890 g/mol. The van der Waals surface area contributed by atoms with Gasteiger partial charge in [0.2, 0.25) is 23.6 Å². The Bertz CT molecular complexity index is 1380. The van der Waals surface area contributed by atoms with Crippen molar-refractivity contribution in [1.82, 2.24) is 15.9 Å². The topological polar surface area (TPSA) is 259 Å². The number of nitrogens with two attached hydrogens (primary N) is 1. The molecular weight excluding hydrogens is 813 g/mol. The van der Waals surface area contributed by atoms with Gasteiger partial charge < -0.3 is 50.8 Å². The Hall–Kier alpha value is -3.48. The smallest absolute Gasteiger partial charge is 0.309 e. The number of aliphatic carboxylic acids is 1. The molecule has 1 rings (SSSR count). The maximum absolute atomic E-state index is 13.3. The van der Waals surface area contributed by atoms with Crippen molar-refractivity contribution >= 4 is 54.2 Å². The summed E-state index contributed by atoms with van der Waals surface area (Å²) in [5.41, 5.74) is 4.16. The van der Waals surface area contributed by atoms with Gasteiger partial charge in [0.1, 0.15) is 54.6 Å². The molecule has 0 aromatic rings. The monoisotopic (exact) mass is 890 g/mol. The van der Waals surface area contributed by atoms with Gasteiger partial charge in [0.25, 0.3) is 0 Å². The Morgan fingerprint density at radius 1 is 0.803 bits per heavy atom. The maximum Gasteiger partial charge on any atom is 0.309 e. The van der Waals surface area contributed by atoms with Crippen molar-refractivity contribution in [2.24, 2.45) is 5.73 Å². The molecule has 0 bridgehead atoms. The third kappa shape index (κ3) is 24.7. The van der Waals surface area contributed by atoms with Crippen LogP contribution in [0.15, 0.2) is 0 Å². The first-order chi connectivity index (χ1) is 29.4. The lowest BCUT2D eigenvalue weighted by Gasteiger charge is -2.43. The minimum absolute atomic E-state index is 0.211. The number of hydrogen-bond donors (Lipinski definition) is 7. The largest absolute Gasteiger partial charge is 0.481 e. The molecule has 17 nitrogen and oxygen atoms in total. The molecule has 0 radical (unpaired) electrons. The number of hydrogen-bond acceptors (Lipinski definition) is 13. The van der Waals surface area contributed by atoms with E-state index >= 15 is 0 Å². The number of nitrogens with one attached hydrogen (secondary N) is 3. The van der Waals surface area contributed by atoms with E-state index in [1.54, 1.807) is 0 Å². The number of carboxylic acids is 1. The Morgan fingerprint density at radius 2 is 1.36 bits per heavy atom. The lowest BCUT2D eigenvalue weighted by atomic mass is 9.97. The van der Waals surface area contributed by atoms with Gasteiger partial charge in [-0.1, -0.05) is 104 Å². The standard InChI is InChI=1S/C43H76N4O13S/c1-6-8-10-12-14-15-17-19-21-23-35(51)59-31(22-20-18-16-13-11-9-7-2)26-36(52)57-27-33-38(53)39(37(43(61)60-33)46-30(5)48)58-29(4)42(56)45-28(3)41(55)47-32(40(44)54)24-25-34(49)50/h28-29,31-33,37-39,43,53,61H,6-27H2,1-5H3,(H2,44,54)(H,45,56)(H,46,48)(H,47,55)(H,49,50)/t28-,29+,31+,32-,33+,37+,38+,39+,43-/m0/s1/i/hD. The molecule has 352 valence electrons. The highest BCUT2D eigenvalue weighted by Crippen LogP contribution is 2.27. The van der Waals surface area contributed by atoms with Crippen LogP contribution in [0.2, 0.25) is 1.41 Å². The highest BCUT2D eigenvalue weighted by atomic mass is 32.1. The van der Waals surface area contributed by atoms with Crippen LogP contribution < -0.4 is 21.7 Å². The second-order valence-corrected chi connectivity index (χ2v) is 16.6. The van der Waals surface area contributed by atoms with Gasteiger partial charge in [-0.25, -0.2) is 0 Å². The van der Waals surface area contributed by atoms with E-state index in [0.717, 1.165) is 57.8 Å². The number of rotatable bonds is 34. The molecule has 4 amide bonds. The van der Waals surface area contributed by atoms with Crippen molar-refractivity contribution in [3.8, 4) is 0 Å². The molecule has 0 aromatic heterocycles. The molecule has 9 atom stereocenters. The normalized spacial score (nSPS) is 20.9. The fourth-order valence-corrected chi connectivity index (χ4v) is 7.29. The van der Waals surface area contributed by atoms with Crippen molar-refractivity contribution in [3.05, 3.63) is 0 Å². The molecule has 0 spiro atoms. The minimum atomic E-state index is -1.61. The molecule has 0 unspecified atom stereocenters. The number of carbonyl (C=O) groups excluding carboxylic acids is 6. The van der Waals surface area contributed by atoms with E-state index in [-0.39, 0.29) is 30.5 Å². The molecule has 1 aliphatic rings. The van der Waals surface area contributed by atoms with Gasteiger partial charge in [0, 0.05) is 19.8 Å². The zero-order valence-corrected chi connectivity index (χ0v) is 38.0. The van der Waals surface area contributed by atoms with Gasteiger partial charge >= 0.3 is 17.9 Å². The molecule has 1 aliphatic heterocycles. The summed E-state index contributed by atoms with van der Waals surface area (Å²) in [4.78, 5) is 87.1. The quantitative estimate of drug-likeness (QED) is 0.0267. The molecule has 18 heteroatoms. The summed E-state index contributed by atoms with van der Waals surface area (Å²) in [5, 5.41) is 25.5. The zero-order chi connectivity index (χ0) is 46.6. The van der Waals surface area contributed by atoms with E-state index in [1.807, 2.05) is 0 Å². The molecule has 1 heterocycles. The van der Waals surface area contributed by atoms with Crippen molar-refractivity contribution in [2.45, 2.75) is 224 Å². The maximum atomic E-state index is 13.3. The summed E-state index contributed by atoms with van der Waals surface area (Å²) in [6.45, 7) is 7.53. The van der Waals surface area contributed by atoms with E-state index in [1.165, 1.54) is 59.3 Å². The van der Waals surface area contributed by atoms with Gasteiger partial charge in [-0.05, 0) is 39.5 Å². The predicted molar refractivity (Wildman–Crippen MR) is 231 cm³/mol. The summed E-state index contributed by atoms with van der Waals surface area (Å²) in [7, 11) is 0. The number of ether oxygens (including phenoxy) is 4. The summed E-state index contributed by atoms with van der Waals surface area (Å²) < 4.78 is 31.4. The van der Waals surface area contributed by atoms with E-state index in [0.29, 0.717) is 12.8 Å². The fraction of sp³-hybridized carbons (Fsp3) is 0.837. The molecule has 1 fully saturated rings. The highest BCUT2D eigenvalue weighted by Gasteiger charge is 2.47. The number of amides is 4. The van der Waals surface area contributed by atoms with Crippen LogP contribution in [0.1, 0.15) is 169 Å². The molecule has 61 heavy (non-hydrogen) atoms. The van der Waals surface area contributed by atoms with E-state index < -0.39 is 103 Å². The molecule has 1 saturated heterocycles. The molecular formula is C43H76N4O13S. The van der Waals surface area contributed by atoms with Crippen LogP contribution in [-0.2, 0) is 52.5 Å². The van der Waals surface area contributed by atoms with Crippen LogP contribution in [0.5, 0.6) is 0 Å². The summed E-state index contributed by atoms with van der Waals surface area (Å²) in [5.74, 6) is -5.84. The number of esters is 2. The van der Waals surface area contributed by atoms with Gasteiger partial charge in [0.15, 0.2) is 1.41 Å². The van der Waals surface area contributed by atoms with E-state index in [4.69, 9.17) is 31.2 Å². The van der Waals surface area contributed by atoms with Gasteiger partial charge in [-0.15, -0.1) is 12.6 Å². The van der Waals surface area contributed by atoms with Crippen LogP contribution >= 0.6 is 12.6 Å². The van der Waals surface area contributed by atoms with Crippen molar-refractivity contribution in [1.29, 1.82) is 0 Å². The SMILES string of the molecule is [2H]N(C(=O)[C@@H](C)O[C@H]1[C@H](O)[C@@H](COC(=O)C[C@@H](CCCCCCCCC)OC(=O)CCCCCCCCCCC)O[C@@H](S)[C@@H]1NC(C)=O)[C@@H](C)C(=O)N[C@@H](CCC(=O)O)C(N)=O. The Labute approximate surface area is 369 Å². The predicted octanol–water partition coefficient (Wildman–Crippen LogP) is 4.53. The number of carbonyl (C=O) groups is 7. The number of carboxylic acid groups (broad SMARTS) is 1. The second-order valence-electron chi connectivity index (χ2n) is 16.1. The fourth-order valence-electron chi connectivity index (χ4n) is 6.89. The van der Waals surface area contributed by atoms with E-state index in [9.17, 15) is 38.7 Å². The highest BCUT2D eigenvalue weighted by molar-refractivity contribution is 7.80. The van der Waals surface area contributed by atoms with Crippen molar-refractivity contribution < 1.29 is 64.1 Å². The number of thiol groups is 1. The second kappa shape index (κ2) is 32.2. The first-order valence-corrected chi connectivity index (χ1v) is 22.9. The number of primary amides is 1. The number of unbranched alkanes of at least 4 members (excludes halogenated alkanes) is 14. The lowest BCUT2D eigenvalue weighted by Crippen LogP contribution is -2.64. The summed E-state index contributed by atoms with van der Waals surface area (Å²) in [6.07, 6.45) is 10.6. The van der Waals surface area contributed by atoms with Crippen LogP contribution in [0, 0.1) is 0 Å². The average Bonchev–Trinajstić information content (AvgIpc) is 3.21. The molecule has 0 aliphatic carbocycles. The van der Waals surface area contributed by atoms with Crippen LogP contribution in [0.25, 0.3) is 0 Å². The number of aliphatic hydroxyl groups is 1. The Morgan fingerprint density at radius 3 is 1.90 bits per heavy atom. The molecule has 7 N–H and O–H groups in total. The Balaban J connectivity index is 2.94. The summed E-state index contributed by atoms with van der Waals surface area (Å²) in [6, 6.07) is -4.00. The van der Waals surface area contributed by atoms with Crippen molar-refractivity contribution in [3.63, 3.8) is 0 Å². The molecule has 0 aromatic carbocycles. The number of aliphatic hydroxyl groups excluding tert-OH is 1. The first-order valence-electron chi connectivity index (χ1n) is 22.8. The minimum Gasteiger partial charge on any atom is -0.481 e. The third-order valence-electron chi connectivity index (χ3n) is 10.5. The van der Waals surface area contributed by atoms with Crippen LogP contribution in [-0.4, -0.2) is 112 Å². The van der Waals surface area contributed by atoms with Gasteiger partial charge in [-0.2, -0.15) is 0 Å². The molecule has 0 saturated carbocycles. The lowest BCUT2D eigenvalue weighted by molar-refractivity contribution is -0.204.